The summed E-state index contributed by atoms with van der Waals surface area (Å²) in [6.07, 6.45) is 2.18. The van der Waals surface area contributed by atoms with Crippen LogP contribution in [0.4, 0.5) is 0 Å². The number of rotatable bonds is 5. The van der Waals surface area contributed by atoms with E-state index in [1.807, 2.05) is 23.6 Å². The quantitative estimate of drug-likeness (QED) is 0.674. The number of hydrogen-bond donors (Lipinski definition) is 0. The van der Waals surface area contributed by atoms with Crippen molar-refractivity contribution in [3.05, 3.63) is 76.4 Å². The van der Waals surface area contributed by atoms with Crippen molar-refractivity contribution in [1.29, 1.82) is 5.26 Å². The normalized spacial score (nSPS) is 16.0. The highest BCUT2D eigenvalue weighted by atomic mass is 32.1. The lowest BCUT2D eigenvalue weighted by molar-refractivity contribution is -0.135. The maximum absolute atomic E-state index is 12.8. The number of amides is 1. The van der Waals surface area contributed by atoms with Gasteiger partial charge >= 0.3 is 0 Å². The zero-order chi connectivity index (χ0) is 18.6. The van der Waals surface area contributed by atoms with E-state index in [-0.39, 0.29) is 18.6 Å². The highest BCUT2D eigenvalue weighted by molar-refractivity contribution is 7.10. The Bertz CT molecular complexity index is 1000. The number of hydrazone groups is 1. The fourth-order valence-electron chi connectivity index (χ4n) is 2.90. The van der Waals surface area contributed by atoms with E-state index in [0.717, 1.165) is 10.6 Å². The van der Waals surface area contributed by atoms with Crippen LogP contribution in [0.3, 0.4) is 0 Å². The van der Waals surface area contributed by atoms with Gasteiger partial charge in [0.15, 0.2) is 6.61 Å². The topological polar surface area (TPSA) is 78.8 Å². The van der Waals surface area contributed by atoms with Crippen LogP contribution in [-0.4, -0.2) is 23.2 Å². The third-order valence-corrected chi connectivity index (χ3v) is 5.14. The van der Waals surface area contributed by atoms with Crippen LogP contribution in [0.2, 0.25) is 0 Å². The second-order valence-corrected chi connectivity index (χ2v) is 6.91. The molecule has 1 unspecified atom stereocenters. The van der Waals surface area contributed by atoms with Crippen molar-refractivity contribution in [2.45, 2.75) is 12.5 Å². The first-order valence-corrected chi connectivity index (χ1v) is 9.22. The van der Waals surface area contributed by atoms with Gasteiger partial charge in [0.25, 0.3) is 5.91 Å². The predicted molar refractivity (Wildman–Crippen MR) is 100 cm³/mol. The molecule has 0 radical (unpaired) electrons. The van der Waals surface area contributed by atoms with E-state index in [1.54, 1.807) is 47.9 Å². The maximum atomic E-state index is 12.8. The van der Waals surface area contributed by atoms with E-state index >= 15 is 0 Å². The van der Waals surface area contributed by atoms with Crippen molar-refractivity contribution >= 4 is 23.0 Å². The molecule has 0 bridgehead atoms. The molecule has 1 aliphatic rings. The Morgan fingerprint density at radius 1 is 1.33 bits per heavy atom. The van der Waals surface area contributed by atoms with Crippen molar-refractivity contribution in [3.8, 4) is 11.8 Å². The Balaban J connectivity index is 1.52. The molecule has 27 heavy (non-hydrogen) atoms. The average Bonchev–Trinajstić information content (AvgIpc) is 3.46. The summed E-state index contributed by atoms with van der Waals surface area (Å²) >= 11 is 1.59. The van der Waals surface area contributed by atoms with Gasteiger partial charge in [-0.25, -0.2) is 5.01 Å². The van der Waals surface area contributed by atoms with Crippen LogP contribution in [-0.2, 0) is 4.79 Å². The van der Waals surface area contributed by atoms with Gasteiger partial charge in [0.1, 0.15) is 17.2 Å². The monoisotopic (exact) mass is 377 g/mol. The molecule has 7 heteroatoms. The Labute approximate surface area is 159 Å². The van der Waals surface area contributed by atoms with Gasteiger partial charge in [-0.05, 0) is 41.8 Å². The molecular formula is C20H15N3O3S. The number of nitrogens with zero attached hydrogens (tertiary/aromatic N) is 3. The number of furan rings is 1. The first-order chi connectivity index (χ1) is 13.2. The molecule has 0 saturated heterocycles. The molecular weight excluding hydrogens is 362 g/mol. The number of nitriles is 1. The lowest BCUT2D eigenvalue weighted by Gasteiger charge is -2.20. The van der Waals surface area contributed by atoms with E-state index in [0.29, 0.717) is 23.5 Å². The van der Waals surface area contributed by atoms with Crippen LogP contribution in [0.25, 0.3) is 0 Å². The summed E-state index contributed by atoms with van der Waals surface area (Å²) in [5.41, 5.74) is 1.22. The molecule has 1 aliphatic heterocycles. The lowest BCUT2D eigenvalue weighted by Crippen LogP contribution is -2.31. The van der Waals surface area contributed by atoms with Gasteiger partial charge in [-0.15, -0.1) is 11.3 Å². The summed E-state index contributed by atoms with van der Waals surface area (Å²) in [6, 6.07) is 16.2. The summed E-state index contributed by atoms with van der Waals surface area (Å²) < 4.78 is 11.0. The second kappa shape index (κ2) is 7.48. The number of benzene rings is 1. The molecule has 134 valence electrons. The highest BCUT2D eigenvalue weighted by Crippen LogP contribution is 2.35. The summed E-state index contributed by atoms with van der Waals surface area (Å²) in [5.74, 6) is 0.885. The van der Waals surface area contributed by atoms with Gasteiger partial charge in [0.2, 0.25) is 0 Å². The van der Waals surface area contributed by atoms with Gasteiger partial charge in [0, 0.05) is 11.3 Å². The fourth-order valence-corrected chi connectivity index (χ4v) is 3.71. The van der Waals surface area contributed by atoms with E-state index in [9.17, 15) is 4.79 Å². The van der Waals surface area contributed by atoms with Crippen molar-refractivity contribution in [3.63, 3.8) is 0 Å². The van der Waals surface area contributed by atoms with Crippen LogP contribution in [0.15, 0.2) is 69.7 Å². The maximum Gasteiger partial charge on any atom is 0.281 e. The molecule has 1 atom stereocenters. The Morgan fingerprint density at radius 3 is 3.00 bits per heavy atom. The highest BCUT2D eigenvalue weighted by Gasteiger charge is 2.34. The van der Waals surface area contributed by atoms with Crippen LogP contribution in [0.1, 0.15) is 28.7 Å². The smallest absolute Gasteiger partial charge is 0.281 e. The van der Waals surface area contributed by atoms with Crippen LogP contribution in [0, 0.1) is 11.3 Å². The zero-order valence-corrected chi connectivity index (χ0v) is 15.1. The van der Waals surface area contributed by atoms with E-state index in [4.69, 9.17) is 14.4 Å². The molecule has 0 fully saturated rings. The van der Waals surface area contributed by atoms with Crippen LogP contribution in [0.5, 0.6) is 5.75 Å². The molecule has 0 N–H and O–H groups in total. The molecule has 0 spiro atoms. The van der Waals surface area contributed by atoms with E-state index < -0.39 is 0 Å². The van der Waals surface area contributed by atoms with Gasteiger partial charge in [0.05, 0.1) is 23.9 Å². The summed E-state index contributed by atoms with van der Waals surface area (Å²) in [4.78, 5) is 13.9. The minimum Gasteiger partial charge on any atom is -0.484 e. The van der Waals surface area contributed by atoms with Gasteiger partial charge in [-0.3, -0.25) is 4.79 Å². The molecule has 0 saturated carbocycles. The molecule has 6 nitrogen and oxygen atoms in total. The van der Waals surface area contributed by atoms with Crippen LogP contribution >= 0.6 is 11.3 Å². The second-order valence-electron chi connectivity index (χ2n) is 5.93. The SMILES string of the molecule is N#Cc1cccc(OCC(=O)N2N=C(c3ccco3)CC2c2cccs2)c1. The van der Waals surface area contributed by atoms with E-state index in [1.165, 1.54) is 5.01 Å². The average molecular weight is 377 g/mol. The zero-order valence-electron chi connectivity index (χ0n) is 14.2. The first kappa shape index (κ1) is 17.1. The molecule has 4 rings (SSSR count). The number of hydrogen-bond acceptors (Lipinski definition) is 6. The Hall–Kier alpha value is -3.37. The molecule has 1 aromatic carbocycles. The fraction of sp³-hybridized carbons (Fsp3) is 0.150. The molecule has 0 aliphatic carbocycles. The number of thiophene rings is 1. The van der Waals surface area contributed by atoms with Gasteiger partial charge in [-0.2, -0.15) is 10.4 Å². The first-order valence-electron chi connectivity index (χ1n) is 8.34. The third-order valence-electron chi connectivity index (χ3n) is 4.17. The van der Waals surface area contributed by atoms with Crippen molar-refractivity contribution in [1.82, 2.24) is 5.01 Å². The van der Waals surface area contributed by atoms with Gasteiger partial charge in [-0.1, -0.05) is 12.1 Å². The lowest BCUT2D eigenvalue weighted by atomic mass is 10.1. The number of carbonyl (C=O) groups excluding carboxylic acids is 1. The largest absolute Gasteiger partial charge is 0.484 e. The Morgan fingerprint density at radius 2 is 2.26 bits per heavy atom. The minimum absolute atomic E-state index is 0.161. The van der Waals surface area contributed by atoms with Crippen molar-refractivity contribution < 1.29 is 13.9 Å². The number of carbonyl (C=O) groups is 1. The molecule has 3 aromatic rings. The van der Waals surface area contributed by atoms with Crippen molar-refractivity contribution in [2.24, 2.45) is 5.10 Å². The predicted octanol–water partition coefficient (Wildman–Crippen LogP) is 3.97. The Kier molecular flexibility index (Phi) is 4.73. The van der Waals surface area contributed by atoms with Crippen molar-refractivity contribution in [2.75, 3.05) is 6.61 Å². The van der Waals surface area contributed by atoms with Gasteiger partial charge < -0.3 is 9.15 Å². The summed E-state index contributed by atoms with van der Waals surface area (Å²) in [6.45, 7) is -0.161. The molecule has 3 heterocycles. The minimum atomic E-state index is -0.252. The summed E-state index contributed by atoms with van der Waals surface area (Å²) in [5, 5.41) is 16.9. The number of ether oxygens (including phenoxy) is 1. The summed E-state index contributed by atoms with van der Waals surface area (Å²) in [7, 11) is 0. The van der Waals surface area contributed by atoms with E-state index in [2.05, 4.69) is 11.2 Å². The standard InChI is InChI=1S/C20H15N3O3S/c21-12-14-4-1-5-15(10-14)26-13-20(24)23-17(19-7-3-9-27-19)11-16(22-23)18-6-2-8-25-18/h1-10,17H,11,13H2. The molecule has 1 amide bonds. The third kappa shape index (κ3) is 3.61. The molecule has 2 aromatic heterocycles. The van der Waals surface area contributed by atoms with Crippen LogP contribution < -0.4 is 4.74 Å².